The number of phenols is 1. The smallest absolute Gasteiger partial charge is 0.306 e. The minimum absolute atomic E-state index is 0.103. The molecule has 1 aliphatic rings. The lowest BCUT2D eigenvalue weighted by Crippen LogP contribution is -2.23. The Hall–Kier alpha value is -3.04. The molecule has 0 bridgehead atoms. The number of hydrogen-bond donors (Lipinski definition) is 1. The molecule has 0 fully saturated rings. The first-order valence-electron chi connectivity index (χ1n) is 8.90. The van der Waals surface area contributed by atoms with Gasteiger partial charge < -0.3 is 22.4 Å². The fourth-order valence-corrected chi connectivity index (χ4v) is 4.36. The first-order valence-corrected chi connectivity index (χ1v) is 14.3. The van der Waals surface area contributed by atoms with E-state index in [1.807, 2.05) is 0 Å². The number of ether oxygens (including phenoxy) is 1. The van der Waals surface area contributed by atoms with Crippen LogP contribution in [0, 0.1) is 0 Å². The molecule has 0 saturated heterocycles. The van der Waals surface area contributed by atoms with E-state index in [-0.39, 0.29) is 29.2 Å². The largest absolute Gasteiger partial charge is 0.507 e. The highest BCUT2D eigenvalue weighted by molar-refractivity contribution is 7.86. The lowest BCUT2D eigenvalue weighted by atomic mass is 10.0. The van der Waals surface area contributed by atoms with Gasteiger partial charge in [0.15, 0.2) is 17.6 Å². The number of phenolic OH excluding ortho intramolecular Hbond substituents is 1. The Kier molecular flexibility index (Phi) is 6.25. The maximum absolute atomic E-state index is 12.7. The van der Waals surface area contributed by atoms with Gasteiger partial charge in [-0.15, -0.1) is 0 Å². The Morgan fingerprint density at radius 1 is 0.848 bits per heavy atom. The van der Waals surface area contributed by atoms with Crippen LogP contribution in [0.15, 0.2) is 30.3 Å². The SMILES string of the molecule is CS(=O)(=O)Oc1cc(O)c2c(c1)OC(Cc1ccc(OS(C)(=O)=O)c(OS(C)(=O)=O)c1)C2=O. The van der Waals surface area contributed by atoms with Crippen molar-refractivity contribution in [2.45, 2.75) is 12.5 Å². The van der Waals surface area contributed by atoms with Crippen molar-refractivity contribution >= 4 is 36.1 Å². The highest BCUT2D eigenvalue weighted by Gasteiger charge is 2.36. The summed E-state index contributed by atoms with van der Waals surface area (Å²) in [4.78, 5) is 12.7. The van der Waals surface area contributed by atoms with Crippen molar-refractivity contribution in [1.29, 1.82) is 0 Å². The highest BCUT2D eigenvalue weighted by atomic mass is 32.2. The van der Waals surface area contributed by atoms with Crippen molar-refractivity contribution in [3.8, 4) is 28.7 Å². The molecule has 2 aromatic rings. The van der Waals surface area contributed by atoms with Gasteiger partial charge in [-0.1, -0.05) is 6.07 Å². The number of ketones is 1. The van der Waals surface area contributed by atoms with Gasteiger partial charge >= 0.3 is 30.4 Å². The van der Waals surface area contributed by atoms with Crippen LogP contribution in [0.3, 0.4) is 0 Å². The average Bonchev–Trinajstić information content (AvgIpc) is 2.89. The van der Waals surface area contributed by atoms with Crippen molar-refractivity contribution in [3.05, 3.63) is 41.5 Å². The molecular weight excluding hydrogens is 504 g/mol. The monoisotopic (exact) mass is 522 g/mol. The van der Waals surface area contributed by atoms with Crippen molar-refractivity contribution in [1.82, 2.24) is 0 Å². The molecule has 0 radical (unpaired) electrons. The van der Waals surface area contributed by atoms with Crippen LogP contribution < -0.4 is 17.3 Å². The van der Waals surface area contributed by atoms with Gasteiger partial charge in [-0.25, -0.2) is 0 Å². The fourth-order valence-electron chi connectivity index (χ4n) is 3.00. The zero-order valence-electron chi connectivity index (χ0n) is 17.3. The number of aromatic hydroxyl groups is 1. The van der Waals surface area contributed by atoms with Crippen molar-refractivity contribution in [2.24, 2.45) is 0 Å². The predicted molar refractivity (Wildman–Crippen MR) is 113 cm³/mol. The van der Waals surface area contributed by atoms with Crippen molar-refractivity contribution < 1.29 is 52.4 Å². The summed E-state index contributed by atoms with van der Waals surface area (Å²) in [6.45, 7) is 0. The Morgan fingerprint density at radius 2 is 1.42 bits per heavy atom. The summed E-state index contributed by atoms with van der Waals surface area (Å²) in [7, 11) is -11.9. The Balaban J connectivity index is 1.90. The van der Waals surface area contributed by atoms with E-state index in [0.717, 1.165) is 37.0 Å². The number of rotatable bonds is 8. The molecule has 1 atom stereocenters. The molecule has 1 N–H and O–H groups in total. The third-order valence-electron chi connectivity index (χ3n) is 4.02. The second-order valence-corrected chi connectivity index (χ2v) is 11.9. The second kappa shape index (κ2) is 8.39. The molecule has 0 spiro atoms. The van der Waals surface area contributed by atoms with Crippen LogP contribution >= 0.6 is 0 Å². The lowest BCUT2D eigenvalue weighted by molar-refractivity contribution is 0.0856. The maximum atomic E-state index is 12.7. The number of benzene rings is 2. The molecule has 1 aliphatic heterocycles. The summed E-state index contributed by atoms with van der Waals surface area (Å²) in [5.74, 6) is -2.32. The third kappa shape index (κ3) is 6.49. The molecule has 33 heavy (non-hydrogen) atoms. The summed E-state index contributed by atoms with van der Waals surface area (Å²) >= 11 is 0. The van der Waals surface area contributed by atoms with Gasteiger partial charge in [0.05, 0.1) is 18.8 Å². The van der Waals surface area contributed by atoms with E-state index < -0.39 is 53.7 Å². The van der Waals surface area contributed by atoms with E-state index in [1.165, 1.54) is 12.1 Å². The normalized spacial score (nSPS) is 16.1. The van der Waals surface area contributed by atoms with Gasteiger partial charge in [0.2, 0.25) is 5.78 Å². The quantitative estimate of drug-likeness (QED) is 0.478. The first-order chi connectivity index (χ1) is 15.0. The van der Waals surface area contributed by atoms with Crippen LogP contribution in [-0.4, -0.2) is 61.0 Å². The lowest BCUT2D eigenvalue weighted by Gasteiger charge is -2.13. The van der Waals surface area contributed by atoms with Gasteiger partial charge in [-0.05, 0) is 17.7 Å². The first kappa shape index (κ1) is 24.6. The Morgan fingerprint density at radius 3 is 2.00 bits per heavy atom. The zero-order chi connectivity index (χ0) is 24.8. The second-order valence-electron chi connectivity index (χ2n) is 7.13. The topological polar surface area (TPSA) is 177 Å². The molecule has 15 heteroatoms. The van der Waals surface area contributed by atoms with E-state index >= 15 is 0 Å². The minimum atomic E-state index is -4.05. The standard InChI is InChI=1S/C18H18O12S3/c1-31(21,22)28-11-8-12(19)17-15(9-11)27-16(18(17)20)7-10-4-5-13(29-32(2,23)24)14(6-10)30-33(3,25)26/h4-6,8-9,16,19H,7H2,1-3H3. The van der Waals surface area contributed by atoms with Crippen LogP contribution in [0.25, 0.3) is 0 Å². The maximum Gasteiger partial charge on any atom is 0.306 e. The molecule has 0 aliphatic carbocycles. The number of Topliss-reactive ketones (excluding diaryl/α,β-unsaturated/α-hetero) is 1. The van der Waals surface area contributed by atoms with Gasteiger partial charge in [0, 0.05) is 18.6 Å². The van der Waals surface area contributed by atoms with Gasteiger partial charge in [0.1, 0.15) is 22.8 Å². The molecule has 3 rings (SSSR count). The molecular formula is C18H18O12S3. The Labute approximate surface area is 190 Å². The van der Waals surface area contributed by atoms with Gasteiger partial charge in [0.25, 0.3) is 0 Å². The molecule has 0 saturated carbocycles. The zero-order valence-corrected chi connectivity index (χ0v) is 19.8. The van der Waals surface area contributed by atoms with E-state index in [0.29, 0.717) is 5.56 Å². The molecule has 2 aromatic carbocycles. The van der Waals surface area contributed by atoms with Crippen LogP contribution in [0.5, 0.6) is 28.7 Å². The Bertz CT molecular complexity index is 1440. The van der Waals surface area contributed by atoms with E-state index in [9.17, 15) is 35.2 Å². The fraction of sp³-hybridized carbons (Fsp3) is 0.278. The van der Waals surface area contributed by atoms with E-state index in [1.54, 1.807) is 0 Å². The summed E-state index contributed by atoms with van der Waals surface area (Å²) in [5, 5.41) is 10.1. The van der Waals surface area contributed by atoms with Gasteiger partial charge in [-0.3, -0.25) is 4.79 Å². The molecule has 0 aromatic heterocycles. The van der Waals surface area contributed by atoms with Crippen molar-refractivity contribution in [2.75, 3.05) is 18.8 Å². The number of carbonyl (C=O) groups excluding carboxylic acids is 1. The summed E-state index contributed by atoms with van der Waals surface area (Å²) in [6.07, 6.45) is 1.03. The molecule has 180 valence electrons. The predicted octanol–water partition coefficient (Wildman–Crippen LogP) is 0.594. The van der Waals surface area contributed by atoms with E-state index in [2.05, 4.69) is 0 Å². The summed E-state index contributed by atoms with van der Waals surface area (Å²) in [5.41, 5.74) is 0.137. The average molecular weight is 523 g/mol. The molecule has 0 amide bonds. The minimum Gasteiger partial charge on any atom is -0.507 e. The summed E-state index contributed by atoms with van der Waals surface area (Å²) < 4.78 is 88.4. The highest BCUT2D eigenvalue weighted by Crippen LogP contribution is 2.40. The molecule has 1 heterocycles. The van der Waals surface area contributed by atoms with Crippen LogP contribution in [0.2, 0.25) is 0 Å². The van der Waals surface area contributed by atoms with Crippen LogP contribution in [0.1, 0.15) is 15.9 Å². The van der Waals surface area contributed by atoms with E-state index in [4.69, 9.17) is 17.3 Å². The summed E-state index contributed by atoms with van der Waals surface area (Å²) in [6, 6.07) is 5.78. The van der Waals surface area contributed by atoms with Crippen LogP contribution in [-0.2, 0) is 36.8 Å². The number of carbonyl (C=O) groups is 1. The van der Waals surface area contributed by atoms with Crippen LogP contribution in [0.4, 0.5) is 0 Å². The van der Waals surface area contributed by atoms with Crippen molar-refractivity contribution in [3.63, 3.8) is 0 Å². The molecule has 12 nitrogen and oxygen atoms in total. The number of fused-ring (bicyclic) bond motifs is 1. The molecule has 1 unspecified atom stereocenters. The van der Waals surface area contributed by atoms with Gasteiger partial charge in [-0.2, -0.15) is 25.3 Å². The third-order valence-corrected chi connectivity index (χ3v) is 5.48. The number of hydrogen-bond acceptors (Lipinski definition) is 12.